The molecule has 0 unspecified atom stereocenters. The first-order chi connectivity index (χ1) is 11.1. The summed E-state index contributed by atoms with van der Waals surface area (Å²) in [6.45, 7) is 0. The molecule has 5 rings (SSSR count). The second-order valence-electron chi connectivity index (χ2n) is 5.40. The van der Waals surface area contributed by atoms with Crippen molar-refractivity contribution in [2.45, 2.75) is 0 Å². The first-order valence-corrected chi connectivity index (χ1v) is 8.54. The van der Waals surface area contributed by atoms with Gasteiger partial charge in [-0.15, -0.1) is 0 Å². The summed E-state index contributed by atoms with van der Waals surface area (Å²) < 4.78 is 3.44. The van der Waals surface area contributed by atoms with Crippen LogP contribution in [-0.4, -0.2) is 14.4 Å². The molecule has 0 spiro atoms. The highest BCUT2D eigenvalue weighted by Gasteiger charge is 2.17. The summed E-state index contributed by atoms with van der Waals surface area (Å²) in [6, 6.07) is 11.6. The summed E-state index contributed by atoms with van der Waals surface area (Å²) in [5, 5.41) is 3.59. The van der Waals surface area contributed by atoms with E-state index in [4.69, 9.17) is 0 Å². The molecular weight excluding hydrogens is 422 g/mol. The van der Waals surface area contributed by atoms with E-state index in [-0.39, 0.29) is 5.56 Å². The third kappa shape index (κ3) is 1.67. The van der Waals surface area contributed by atoms with Gasteiger partial charge in [0.25, 0.3) is 5.56 Å². The molecule has 0 bridgehead atoms. The molecule has 0 fully saturated rings. The molecule has 110 valence electrons. The Hall–Kier alpha value is -2.05. The van der Waals surface area contributed by atoms with Crippen molar-refractivity contribution in [1.29, 1.82) is 0 Å². The second kappa shape index (κ2) is 4.49. The Balaban J connectivity index is 2.22. The average Bonchev–Trinajstić information content (AvgIpc) is 2.93. The smallest absolute Gasteiger partial charge is 0.264 e. The first-order valence-electron chi connectivity index (χ1n) is 6.95. The fraction of sp³-hybridized carbons (Fsp3) is 0. The molecule has 4 nitrogen and oxygen atoms in total. The highest BCUT2D eigenvalue weighted by atomic mass is 79.9. The molecular formula is C17H7Br2N3O. The normalized spacial score (nSPS) is 12.1. The van der Waals surface area contributed by atoms with Gasteiger partial charge < -0.3 is 0 Å². The number of pyridine rings is 2. The zero-order chi connectivity index (χ0) is 15.7. The van der Waals surface area contributed by atoms with Crippen molar-refractivity contribution in [2.24, 2.45) is 0 Å². The molecule has 0 amide bonds. The van der Waals surface area contributed by atoms with Crippen LogP contribution in [0, 0.1) is 0 Å². The van der Waals surface area contributed by atoms with Crippen LogP contribution in [0.3, 0.4) is 0 Å². The fourth-order valence-electron chi connectivity index (χ4n) is 3.18. The zero-order valence-corrected chi connectivity index (χ0v) is 14.7. The Morgan fingerprint density at radius 1 is 1.00 bits per heavy atom. The molecule has 23 heavy (non-hydrogen) atoms. The number of benzene rings is 2. The van der Waals surface area contributed by atoms with Gasteiger partial charge in [-0.1, -0.05) is 28.1 Å². The maximum Gasteiger partial charge on any atom is 0.264 e. The van der Waals surface area contributed by atoms with E-state index in [1.54, 1.807) is 10.6 Å². The van der Waals surface area contributed by atoms with Gasteiger partial charge in [0.1, 0.15) is 0 Å². The number of rotatable bonds is 0. The van der Waals surface area contributed by atoms with Gasteiger partial charge in [-0.25, -0.2) is 9.97 Å². The lowest BCUT2D eigenvalue weighted by molar-refractivity contribution is 1.19. The predicted octanol–water partition coefficient (Wildman–Crippen LogP) is 4.51. The quantitative estimate of drug-likeness (QED) is 0.364. The lowest BCUT2D eigenvalue weighted by atomic mass is 10.0. The van der Waals surface area contributed by atoms with Crippen LogP contribution in [0.4, 0.5) is 0 Å². The van der Waals surface area contributed by atoms with Gasteiger partial charge in [0.2, 0.25) is 0 Å². The number of aromatic nitrogens is 3. The molecule has 0 aliphatic heterocycles. The molecule has 0 saturated carbocycles. The summed E-state index contributed by atoms with van der Waals surface area (Å²) in [5.74, 6) is 0. The minimum absolute atomic E-state index is 0.0707. The van der Waals surface area contributed by atoms with Gasteiger partial charge in [0.05, 0.1) is 5.52 Å². The molecule has 0 radical (unpaired) electrons. The monoisotopic (exact) mass is 427 g/mol. The zero-order valence-electron chi connectivity index (χ0n) is 11.5. The van der Waals surface area contributed by atoms with Crippen LogP contribution < -0.4 is 5.56 Å². The lowest BCUT2D eigenvalue weighted by Crippen LogP contribution is -2.13. The predicted molar refractivity (Wildman–Crippen MR) is 98.4 cm³/mol. The molecule has 0 atom stereocenters. The number of nitrogens with zero attached hydrogens (tertiary/aromatic N) is 3. The molecule has 6 heteroatoms. The molecule has 2 aromatic carbocycles. The molecule has 3 heterocycles. The minimum atomic E-state index is -0.0707. The molecule has 0 aliphatic rings. The Morgan fingerprint density at radius 3 is 2.70 bits per heavy atom. The van der Waals surface area contributed by atoms with E-state index in [1.807, 2.05) is 36.4 Å². The van der Waals surface area contributed by atoms with Crippen LogP contribution in [0.1, 0.15) is 0 Å². The number of hydrogen-bond acceptors (Lipinski definition) is 3. The summed E-state index contributed by atoms with van der Waals surface area (Å²) in [4.78, 5) is 22.0. The summed E-state index contributed by atoms with van der Waals surface area (Å²) >= 11 is 6.98. The van der Waals surface area contributed by atoms with E-state index in [1.165, 1.54) is 0 Å². The Morgan fingerprint density at radius 2 is 1.83 bits per heavy atom. The molecule has 3 aromatic heterocycles. The van der Waals surface area contributed by atoms with E-state index in [2.05, 4.69) is 41.8 Å². The minimum Gasteiger partial charge on any atom is -0.268 e. The molecule has 5 aromatic rings. The van der Waals surface area contributed by atoms with Crippen molar-refractivity contribution in [2.75, 3.05) is 0 Å². The summed E-state index contributed by atoms with van der Waals surface area (Å²) in [7, 11) is 0. The molecule has 0 saturated heterocycles. The van der Waals surface area contributed by atoms with E-state index < -0.39 is 0 Å². The van der Waals surface area contributed by atoms with Gasteiger partial charge in [-0.2, -0.15) is 0 Å². The van der Waals surface area contributed by atoms with Crippen molar-refractivity contribution in [3.05, 3.63) is 61.9 Å². The maximum absolute atomic E-state index is 13.1. The third-order valence-corrected chi connectivity index (χ3v) is 5.27. The van der Waals surface area contributed by atoms with Gasteiger partial charge >= 0.3 is 0 Å². The maximum atomic E-state index is 13.1. The van der Waals surface area contributed by atoms with Crippen molar-refractivity contribution < 1.29 is 0 Å². The van der Waals surface area contributed by atoms with Crippen molar-refractivity contribution >= 4 is 70.2 Å². The van der Waals surface area contributed by atoms with Crippen LogP contribution in [0.2, 0.25) is 0 Å². The standard InChI is InChI=1S/C17H7Br2N3O/c18-8-6-13-15(20-7-8)21-16-10-4-5-12(19)9-2-1-3-11(14(9)10)17(23)22(13)16/h1-7H. The summed E-state index contributed by atoms with van der Waals surface area (Å²) in [6.07, 6.45) is 1.69. The Labute approximate surface area is 146 Å². The fourth-order valence-corrected chi connectivity index (χ4v) is 3.96. The van der Waals surface area contributed by atoms with Gasteiger partial charge in [0.15, 0.2) is 11.3 Å². The van der Waals surface area contributed by atoms with Crippen molar-refractivity contribution in [3.63, 3.8) is 0 Å². The molecule has 0 aliphatic carbocycles. The Bertz CT molecular complexity index is 1310. The van der Waals surface area contributed by atoms with Crippen LogP contribution in [0.25, 0.3) is 38.4 Å². The summed E-state index contributed by atoms with van der Waals surface area (Å²) in [5.41, 5.74) is 1.86. The van der Waals surface area contributed by atoms with E-state index in [0.29, 0.717) is 22.2 Å². The SMILES string of the molecule is O=c1c2cccc3c(Br)ccc(c32)c2nc3ncc(Br)cc3n12. The second-order valence-corrected chi connectivity index (χ2v) is 7.17. The Kier molecular flexibility index (Phi) is 2.61. The van der Waals surface area contributed by atoms with Gasteiger partial charge in [-0.3, -0.25) is 9.20 Å². The van der Waals surface area contributed by atoms with E-state index in [9.17, 15) is 4.79 Å². The number of hydrogen-bond donors (Lipinski definition) is 0. The average molecular weight is 429 g/mol. The highest BCUT2D eigenvalue weighted by molar-refractivity contribution is 9.11. The largest absolute Gasteiger partial charge is 0.268 e. The van der Waals surface area contributed by atoms with Gasteiger partial charge in [0, 0.05) is 31.3 Å². The number of imidazole rings is 1. The van der Waals surface area contributed by atoms with Gasteiger partial charge in [-0.05, 0) is 45.6 Å². The molecule has 0 N–H and O–H groups in total. The first kappa shape index (κ1) is 13.4. The van der Waals surface area contributed by atoms with E-state index in [0.717, 1.165) is 25.1 Å². The van der Waals surface area contributed by atoms with Crippen LogP contribution >= 0.6 is 31.9 Å². The van der Waals surface area contributed by atoms with Crippen molar-refractivity contribution in [3.8, 4) is 0 Å². The number of fused-ring (bicyclic) bond motifs is 4. The number of halogens is 2. The van der Waals surface area contributed by atoms with Crippen LogP contribution in [0.5, 0.6) is 0 Å². The topological polar surface area (TPSA) is 47.3 Å². The van der Waals surface area contributed by atoms with Crippen molar-refractivity contribution in [1.82, 2.24) is 14.4 Å². The third-order valence-electron chi connectivity index (χ3n) is 4.14. The lowest BCUT2D eigenvalue weighted by Gasteiger charge is -2.08. The van der Waals surface area contributed by atoms with Crippen LogP contribution in [-0.2, 0) is 0 Å². The highest BCUT2D eigenvalue weighted by Crippen LogP contribution is 2.33. The van der Waals surface area contributed by atoms with E-state index >= 15 is 0 Å². The van der Waals surface area contributed by atoms with Crippen LogP contribution in [0.15, 0.2) is 56.3 Å².